The molecule has 90 valence electrons. The van der Waals surface area contributed by atoms with E-state index in [0.717, 1.165) is 19.4 Å². The van der Waals surface area contributed by atoms with Crippen LogP contribution >= 0.6 is 27.3 Å². The van der Waals surface area contributed by atoms with Gasteiger partial charge in [-0.1, -0.05) is 6.92 Å². The van der Waals surface area contributed by atoms with Crippen molar-refractivity contribution in [3.8, 4) is 0 Å². The molecule has 2 rings (SSSR count). The number of ether oxygens (including phenoxy) is 1. The second-order valence-corrected chi connectivity index (χ2v) is 6.05. The van der Waals surface area contributed by atoms with Crippen molar-refractivity contribution in [1.82, 2.24) is 5.32 Å². The van der Waals surface area contributed by atoms with Gasteiger partial charge in [0.15, 0.2) is 0 Å². The van der Waals surface area contributed by atoms with Crippen LogP contribution in [0.2, 0.25) is 0 Å². The molecule has 1 aliphatic rings. The summed E-state index contributed by atoms with van der Waals surface area (Å²) in [5, 5.41) is 5.71. The highest BCUT2D eigenvalue weighted by Gasteiger charge is 2.45. The molecule has 1 saturated carbocycles. The molecule has 1 heterocycles. The Labute approximate surface area is 110 Å². The molecule has 1 aromatic heterocycles. The van der Waals surface area contributed by atoms with Crippen molar-refractivity contribution >= 4 is 27.3 Å². The Hall–Kier alpha value is 0.1000. The first kappa shape index (κ1) is 12.6. The summed E-state index contributed by atoms with van der Waals surface area (Å²) in [6.45, 7) is 3.12. The Balaban J connectivity index is 2.26. The van der Waals surface area contributed by atoms with E-state index in [1.807, 2.05) is 7.11 Å². The quantitative estimate of drug-likeness (QED) is 0.895. The molecule has 1 aromatic rings. The Kier molecular flexibility index (Phi) is 4.06. The largest absolute Gasteiger partial charge is 0.376 e. The normalized spacial score (nSPS) is 20.4. The first-order valence-electron chi connectivity index (χ1n) is 5.75. The standard InChI is InChI=1S/C12H18BrNOS/c1-3-14-11(10-9(13)5-8-16-10)12(15-2)6-4-7-12/h5,8,11,14H,3-4,6-7H2,1-2H3. The zero-order valence-corrected chi connectivity index (χ0v) is 12.2. The predicted molar refractivity (Wildman–Crippen MR) is 72.0 cm³/mol. The van der Waals surface area contributed by atoms with Gasteiger partial charge in [-0.25, -0.2) is 0 Å². The molecule has 0 radical (unpaired) electrons. The van der Waals surface area contributed by atoms with Gasteiger partial charge in [0.25, 0.3) is 0 Å². The van der Waals surface area contributed by atoms with Gasteiger partial charge in [0.05, 0.1) is 11.6 Å². The average molecular weight is 304 g/mol. The van der Waals surface area contributed by atoms with Crippen molar-refractivity contribution in [2.75, 3.05) is 13.7 Å². The smallest absolute Gasteiger partial charge is 0.0880 e. The summed E-state index contributed by atoms with van der Waals surface area (Å²) < 4.78 is 6.99. The second-order valence-electron chi connectivity index (χ2n) is 4.25. The van der Waals surface area contributed by atoms with Crippen molar-refractivity contribution in [2.45, 2.75) is 37.8 Å². The molecule has 0 bridgehead atoms. The summed E-state index contributed by atoms with van der Waals surface area (Å²) >= 11 is 5.43. The van der Waals surface area contributed by atoms with Gasteiger partial charge < -0.3 is 10.1 Å². The number of methoxy groups -OCH3 is 1. The maximum Gasteiger partial charge on any atom is 0.0880 e. The molecule has 1 N–H and O–H groups in total. The molecule has 1 aliphatic carbocycles. The fourth-order valence-corrected chi connectivity index (χ4v) is 4.15. The van der Waals surface area contributed by atoms with Crippen LogP contribution in [0.3, 0.4) is 0 Å². The summed E-state index contributed by atoms with van der Waals surface area (Å²) in [4.78, 5) is 1.36. The number of nitrogens with one attached hydrogen (secondary N) is 1. The Morgan fingerprint density at radius 3 is 2.75 bits per heavy atom. The Morgan fingerprint density at radius 2 is 2.38 bits per heavy atom. The molecular formula is C12H18BrNOS. The van der Waals surface area contributed by atoms with E-state index in [0.29, 0.717) is 6.04 Å². The monoisotopic (exact) mass is 303 g/mol. The van der Waals surface area contributed by atoms with E-state index < -0.39 is 0 Å². The van der Waals surface area contributed by atoms with Crippen LogP contribution in [0.5, 0.6) is 0 Å². The highest BCUT2D eigenvalue weighted by atomic mass is 79.9. The maximum absolute atomic E-state index is 5.79. The zero-order chi connectivity index (χ0) is 11.6. The Morgan fingerprint density at radius 1 is 1.62 bits per heavy atom. The third-order valence-electron chi connectivity index (χ3n) is 3.45. The maximum atomic E-state index is 5.79. The fraction of sp³-hybridized carbons (Fsp3) is 0.667. The highest BCUT2D eigenvalue weighted by Crippen LogP contribution is 2.47. The van der Waals surface area contributed by atoms with Gasteiger partial charge in [-0.15, -0.1) is 11.3 Å². The minimum absolute atomic E-state index is 0.0172. The lowest BCUT2D eigenvalue weighted by molar-refractivity contribution is -0.0988. The second kappa shape index (κ2) is 5.17. The highest BCUT2D eigenvalue weighted by molar-refractivity contribution is 9.10. The molecule has 1 atom stereocenters. The number of hydrogen-bond donors (Lipinski definition) is 1. The molecule has 0 aromatic carbocycles. The predicted octanol–water partition coefficient (Wildman–Crippen LogP) is 3.73. The van der Waals surface area contributed by atoms with Crippen LogP contribution in [0, 0.1) is 0 Å². The first-order chi connectivity index (χ1) is 7.73. The van der Waals surface area contributed by atoms with Gasteiger partial charge in [-0.3, -0.25) is 0 Å². The van der Waals surface area contributed by atoms with Crippen LogP contribution in [0.1, 0.15) is 37.1 Å². The summed E-state index contributed by atoms with van der Waals surface area (Å²) in [5.74, 6) is 0. The molecule has 1 fully saturated rings. The average Bonchev–Trinajstić information content (AvgIpc) is 2.62. The lowest BCUT2D eigenvalue weighted by Gasteiger charge is -2.46. The Bertz CT molecular complexity index is 343. The molecule has 16 heavy (non-hydrogen) atoms. The van der Waals surface area contributed by atoms with E-state index in [1.54, 1.807) is 11.3 Å². The van der Waals surface area contributed by atoms with Crippen molar-refractivity contribution in [2.24, 2.45) is 0 Å². The third-order valence-corrected chi connectivity index (χ3v) is 5.38. The summed E-state index contributed by atoms with van der Waals surface area (Å²) in [6.07, 6.45) is 3.59. The third kappa shape index (κ3) is 2.08. The van der Waals surface area contributed by atoms with Crippen molar-refractivity contribution < 1.29 is 4.74 Å². The van der Waals surface area contributed by atoms with Crippen LogP contribution in [-0.2, 0) is 4.74 Å². The van der Waals surface area contributed by atoms with Crippen LogP contribution < -0.4 is 5.32 Å². The summed E-state index contributed by atoms with van der Waals surface area (Å²) in [6, 6.07) is 2.44. The van der Waals surface area contributed by atoms with E-state index in [2.05, 4.69) is 39.6 Å². The first-order valence-corrected chi connectivity index (χ1v) is 7.42. The van der Waals surface area contributed by atoms with Gasteiger partial charge in [0.1, 0.15) is 0 Å². The van der Waals surface area contributed by atoms with Crippen LogP contribution in [0.25, 0.3) is 0 Å². The van der Waals surface area contributed by atoms with E-state index in [4.69, 9.17) is 4.74 Å². The molecule has 4 heteroatoms. The van der Waals surface area contributed by atoms with Gasteiger partial charge in [-0.05, 0) is 53.2 Å². The SMILES string of the molecule is CCNC(c1sccc1Br)C1(OC)CCC1. The molecule has 0 saturated heterocycles. The minimum Gasteiger partial charge on any atom is -0.376 e. The summed E-state index contributed by atoms with van der Waals surface area (Å²) in [7, 11) is 1.84. The van der Waals surface area contributed by atoms with Gasteiger partial charge >= 0.3 is 0 Å². The lowest BCUT2D eigenvalue weighted by Crippen LogP contribution is -2.50. The van der Waals surface area contributed by atoms with Gasteiger partial charge in [-0.2, -0.15) is 0 Å². The van der Waals surface area contributed by atoms with Crippen molar-refractivity contribution in [3.63, 3.8) is 0 Å². The number of rotatable bonds is 5. The molecular weight excluding hydrogens is 286 g/mol. The van der Waals surface area contributed by atoms with E-state index in [9.17, 15) is 0 Å². The number of halogens is 1. The minimum atomic E-state index is 0.0172. The summed E-state index contributed by atoms with van der Waals surface area (Å²) in [5.41, 5.74) is 0.0172. The van der Waals surface area contributed by atoms with Crippen LogP contribution in [0.4, 0.5) is 0 Å². The van der Waals surface area contributed by atoms with E-state index >= 15 is 0 Å². The fourth-order valence-electron chi connectivity index (χ4n) is 2.37. The molecule has 0 spiro atoms. The van der Waals surface area contributed by atoms with Gasteiger partial charge in [0, 0.05) is 16.5 Å². The molecule has 0 aliphatic heterocycles. The van der Waals surface area contributed by atoms with Crippen molar-refractivity contribution in [1.29, 1.82) is 0 Å². The zero-order valence-electron chi connectivity index (χ0n) is 9.75. The van der Waals surface area contributed by atoms with Crippen molar-refractivity contribution in [3.05, 3.63) is 20.8 Å². The number of hydrogen-bond acceptors (Lipinski definition) is 3. The van der Waals surface area contributed by atoms with E-state index in [-0.39, 0.29) is 5.60 Å². The van der Waals surface area contributed by atoms with Crippen LogP contribution in [0.15, 0.2) is 15.9 Å². The number of likely N-dealkylation sites (N-methyl/N-ethyl adjacent to an activating group) is 1. The molecule has 0 amide bonds. The van der Waals surface area contributed by atoms with Crippen LogP contribution in [-0.4, -0.2) is 19.3 Å². The lowest BCUT2D eigenvalue weighted by atomic mass is 9.74. The van der Waals surface area contributed by atoms with E-state index in [1.165, 1.54) is 15.8 Å². The topological polar surface area (TPSA) is 21.3 Å². The van der Waals surface area contributed by atoms with Gasteiger partial charge in [0.2, 0.25) is 0 Å². The molecule has 1 unspecified atom stereocenters. The number of thiophene rings is 1. The molecule has 2 nitrogen and oxygen atoms in total.